The van der Waals surface area contributed by atoms with Crippen LogP contribution in [0.25, 0.3) is 0 Å². The molecule has 1 aliphatic heterocycles. The van der Waals surface area contributed by atoms with Gasteiger partial charge in [-0.3, -0.25) is 4.79 Å². The standard InChI is InChI=1S/C12H16BrN3O2/c1-2-14-11-10(7-9(13)8-15-11)12(17)16-3-5-18-6-4-16/h7-8H,2-6H2,1H3,(H,14,15). The highest BCUT2D eigenvalue weighted by Crippen LogP contribution is 2.20. The van der Waals surface area contributed by atoms with Crippen LogP contribution in [0, 0.1) is 0 Å². The fourth-order valence-electron chi connectivity index (χ4n) is 1.85. The molecule has 1 aromatic rings. The van der Waals surface area contributed by atoms with E-state index in [1.807, 2.05) is 13.0 Å². The minimum Gasteiger partial charge on any atom is -0.378 e. The van der Waals surface area contributed by atoms with Crippen molar-refractivity contribution in [3.63, 3.8) is 0 Å². The second-order valence-corrected chi connectivity index (χ2v) is 4.90. The van der Waals surface area contributed by atoms with Crippen molar-refractivity contribution in [3.05, 3.63) is 22.3 Å². The molecule has 1 saturated heterocycles. The van der Waals surface area contributed by atoms with Gasteiger partial charge in [0.1, 0.15) is 5.82 Å². The summed E-state index contributed by atoms with van der Waals surface area (Å²) in [5.41, 5.74) is 0.605. The number of pyridine rings is 1. The second kappa shape index (κ2) is 6.15. The molecule has 0 bridgehead atoms. The van der Waals surface area contributed by atoms with Gasteiger partial charge in [-0.25, -0.2) is 4.98 Å². The predicted molar refractivity (Wildman–Crippen MR) is 72.8 cm³/mol. The van der Waals surface area contributed by atoms with Crippen LogP contribution < -0.4 is 5.32 Å². The van der Waals surface area contributed by atoms with Crippen molar-refractivity contribution < 1.29 is 9.53 Å². The highest BCUT2D eigenvalue weighted by molar-refractivity contribution is 9.10. The number of carbonyl (C=O) groups excluding carboxylic acids is 1. The summed E-state index contributed by atoms with van der Waals surface area (Å²) in [6, 6.07) is 1.81. The van der Waals surface area contributed by atoms with Crippen molar-refractivity contribution in [2.24, 2.45) is 0 Å². The summed E-state index contributed by atoms with van der Waals surface area (Å²) in [6.45, 7) is 5.19. The average molecular weight is 314 g/mol. The SMILES string of the molecule is CCNc1ncc(Br)cc1C(=O)N1CCOCC1. The molecule has 2 rings (SSSR count). The molecular weight excluding hydrogens is 298 g/mol. The third kappa shape index (κ3) is 3.00. The first-order valence-corrected chi connectivity index (χ1v) is 6.78. The van der Waals surface area contributed by atoms with E-state index in [1.165, 1.54) is 0 Å². The number of hydrogen-bond donors (Lipinski definition) is 1. The summed E-state index contributed by atoms with van der Waals surface area (Å²) >= 11 is 3.35. The van der Waals surface area contributed by atoms with E-state index in [9.17, 15) is 4.79 Å². The minimum atomic E-state index is 0.00282. The summed E-state index contributed by atoms with van der Waals surface area (Å²) in [4.78, 5) is 18.5. The molecule has 1 aliphatic rings. The van der Waals surface area contributed by atoms with E-state index < -0.39 is 0 Å². The lowest BCUT2D eigenvalue weighted by Gasteiger charge is -2.27. The first-order chi connectivity index (χ1) is 8.72. The van der Waals surface area contributed by atoms with Gasteiger partial charge in [-0.15, -0.1) is 0 Å². The van der Waals surface area contributed by atoms with E-state index in [1.54, 1.807) is 11.1 Å². The normalized spacial score (nSPS) is 15.6. The maximum atomic E-state index is 12.4. The van der Waals surface area contributed by atoms with Gasteiger partial charge in [-0.05, 0) is 28.9 Å². The van der Waals surface area contributed by atoms with E-state index in [0.29, 0.717) is 37.7 Å². The second-order valence-electron chi connectivity index (χ2n) is 3.98. The lowest BCUT2D eigenvalue weighted by Crippen LogP contribution is -2.41. The highest BCUT2D eigenvalue weighted by atomic mass is 79.9. The van der Waals surface area contributed by atoms with E-state index in [-0.39, 0.29) is 5.91 Å². The highest BCUT2D eigenvalue weighted by Gasteiger charge is 2.21. The Morgan fingerprint density at radius 2 is 2.28 bits per heavy atom. The van der Waals surface area contributed by atoms with Gasteiger partial charge in [0.2, 0.25) is 0 Å². The molecule has 0 radical (unpaired) electrons. The first-order valence-electron chi connectivity index (χ1n) is 5.99. The van der Waals surface area contributed by atoms with Crippen LogP contribution in [0.1, 0.15) is 17.3 Å². The van der Waals surface area contributed by atoms with Gasteiger partial charge in [0.25, 0.3) is 5.91 Å². The molecule has 6 heteroatoms. The zero-order valence-corrected chi connectivity index (χ0v) is 11.9. The number of carbonyl (C=O) groups is 1. The Hall–Kier alpha value is -1.14. The molecule has 0 spiro atoms. The van der Waals surface area contributed by atoms with Crippen molar-refractivity contribution >= 4 is 27.7 Å². The molecule has 0 aliphatic carbocycles. The van der Waals surface area contributed by atoms with Crippen LogP contribution in [0.2, 0.25) is 0 Å². The zero-order valence-electron chi connectivity index (χ0n) is 10.3. The molecule has 5 nitrogen and oxygen atoms in total. The number of nitrogens with one attached hydrogen (secondary N) is 1. The topological polar surface area (TPSA) is 54.5 Å². The Kier molecular flexibility index (Phi) is 4.54. The molecule has 0 saturated carbocycles. The summed E-state index contributed by atoms with van der Waals surface area (Å²) in [6.07, 6.45) is 1.69. The molecule has 1 N–H and O–H groups in total. The lowest BCUT2D eigenvalue weighted by molar-refractivity contribution is 0.0303. The lowest BCUT2D eigenvalue weighted by atomic mass is 10.2. The van der Waals surface area contributed by atoms with E-state index in [0.717, 1.165) is 11.0 Å². The van der Waals surface area contributed by atoms with Gasteiger partial charge in [-0.2, -0.15) is 0 Å². The van der Waals surface area contributed by atoms with E-state index in [2.05, 4.69) is 26.2 Å². The molecule has 2 heterocycles. The van der Waals surface area contributed by atoms with Gasteiger partial charge in [0.15, 0.2) is 0 Å². The number of amides is 1. The van der Waals surface area contributed by atoms with Crippen LogP contribution in [-0.4, -0.2) is 48.6 Å². The molecule has 0 aromatic carbocycles. The molecule has 1 aromatic heterocycles. The van der Waals surface area contributed by atoms with E-state index in [4.69, 9.17) is 4.74 Å². The van der Waals surface area contributed by atoms with Crippen molar-refractivity contribution in [3.8, 4) is 0 Å². The molecule has 0 atom stereocenters. The number of hydrogen-bond acceptors (Lipinski definition) is 4. The van der Waals surface area contributed by atoms with Crippen LogP contribution in [0.4, 0.5) is 5.82 Å². The largest absolute Gasteiger partial charge is 0.378 e. The summed E-state index contributed by atoms with van der Waals surface area (Å²) in [7, 11) is 0. The Balaban J connectivity index is 2.24. The number of halogens is 1. The van der Waals surface area contributed by atoms with Crippen molar-refractivity contribution in [2.45, 2.75) is 6.92 Å². The maximum absolute atomic E-state index is 12.4. The maximum Gasteiger partial charge on any atom is 0.257 e. The number of ether oxygens (including phenoxy) is 1. The van der Waals surface area contributed by atoms with Crippen LogP contribution in [-0.2, 0) is 4.74 Å². The summed E-state index contributed by atoms with van der Waals surface area (Å²) < 4.78 is 6.06. The number of morpholine rings is 1. The van der Waals surface area contributed by atoms with Gasteiger partial charge < -0.3 is 15.0 Å². The Labute approximate surface area is 115 Å². The third-order valence-electron chi connectivity index (χ3n) is 2.73. The Morgan fingerprint density at radius 3 is 2.94 bits per heavy atom. The monoisotopic (exact) mass is 313 g/mol. The fourth-order valence-corrected chi connectivity index (χ4v) is 2.18. The van der Waals surface area contributed by atoms with Crippen molar-refractivity contribution in [1.29, 1.82) is 0 Å². The minimum absolute atomic E-state index is 0.00282. The fraction of sp³-hybridized carbons (Fsp3) is 0.500. The third-order valence-corrected chi connectivity index (χ3v) is 3.16. The van der Waals surface area contributed by atoms with Gasteiger partial charge >= 0.3 is 0 Å². The van der Waals surface area contributed by atoms with Crippen molar-refractivity contribution in [1.82, 2.24) is 9.88 Å². The molecule has 1 amide bonds. The van der Waals surface area contributed by atoms with Gasteiger partial charge in [0.05, 0.1) is 18.8 Å². The summed E-state index contributed by atoms with van der Waals surface area (Å²) in [5.74, 6) is 0.639. The number of nitrogens with zero attached hydrogens (tertiary/aromatic N) is 2. The Bertz CT molecular complexity index is 433. The van der Waals surface area contributed by atoms with Gasteiger partial charge in [0, 0.05) is 30.3 Å². The van der Waals surface area contributed by atoms with Crippen LogP contribution in [0.5, 0.6) is 0 Å². The molecule has 18 heavy (non-hydrogen) atoms. The van der Waals surface area contributed by atoms with Crippen LogP contribution in [0.15, 0.2) is 16.7 Å². The average Bonchev–Trinajstić information content (AvgIpc) is 2.41. The Morgan fingerprint density at radius 1 is 1.56 bits per heavy atom. The number of aromatic nitrogens is 1. The molecule has 0 unspecified atom stereocenters. The van der Waals surface area contributed by atoms with E-state index >= 15 is 0 Å². The van der Waals surface area contributed by atoms with Crippen molar-refractivity contribution in [2.75, 3.05) is 38.2 Å². The summed E-state index contributed by atoms with van der Waals surface area (Å²) in [5, 5.41) is 3.11. The number of anilines is 1. The zero-order chi connectivity index (χ0) is 13.0. The smallest absolute Gasteiger partial charge is 0.257 e. The molecular formula is C12H16BrN3O2. The van der Waals surface area contributed by atoms with Crippen LogP contribution in [0.3, 0.4) is 0 Å². The predicted octanol–water partition coefficient (Wildman–Crippen LogP) is 1.75. The molecule has 98 valence electrons. The van der Waals surface area contributed by atoms with Crippen LogP contribution >= 0.6 is 15.9 Å². The quantitative estimate of drug-likeness (QED) is 0.923. The number of rotatable bonds is 3. The molecule has 1 fully saturated rings. The first kappa shape index (κ1) is 13.3. The van der Waals surface area contributed by atoms with Gasteiger partial charge in [-0.1, -0.05) is 0 Å².